The third kappa shape index (κ3) is 29.2. The summed E-state index contributed by atoms with van der Waals surface area (Å²) in [5, 5.41) is 10.9. The van der Waals surface area contributed by atoms with Crippen LogP contribution in [0, 0.1) is 0 Å². The number of aliphatic carboxylic acids is 1. The van der Waals surface area contributed by atoms with Gasteiger partial charge in [-0.05, 0) is 181 Å². The third-order valence-corrected chi connectivity index (χ3v) is 17.6. The van der Waals surface area contributed by atoms with Crippen molar-refractivity contribution in [3.63, 3.8) is 0 Å². The van der Waals surface area contributed by atoms with Crippen LogP contribution in [-0.2, 0) is 63.0 Å². The zero-order valence-electron chi connectivity index (χ0n) is 45.7. The number of nitrogens with one attached hydrogen (secondary N) is 3. The van der Waals surface area contributed by atoms with Gasteiger partial charge in [0.15, 0.2) is 0 Å². The molecule has 0 radical (unpaired) electrons. The standard InChI is InChI=1S/C16H14ClNO4S.C15H12ClNO4S.C12H9BrClNO2S.C6H4BrClO2S.C6H6ClN.C4H6O2/c1-22-16(19)10-5-12-3-2-4-15(11-12)23(20,21)18-14-8-6-13(17)7-9-14;16-12-5-7-13(8-6-12)17-22(20,21)14-3-1-2-11(10-14)4-9-15(18)19;13-9-2-1-3-12(8-9)18(16,17)15-11-6-4-10(14)5-7-11;7-5-2-1-3-6(4-5)11(8,9)10;7-5-1-3-6(8)4-2-5;1-3-4(5)6-2/h2-11,18H,1H3;1-10,17H,(H,18,19);1-8,15H;1-4H;1-4H,8H2;3H,1H2,2H3/b10-5+;9-4+;;;;. The van der Waals surface area contributed by atoms with Crippen LogP contribution in [0.15, 0.2) is 247 Å². The zero-order valence-corrected chi connectivity index (χ0v) is 55.9. The number of sulfonamides is 3. The minimum absolute atomic E-state index is 0.0370. The Labute approximate surface area is 551 Å². The number of hydrogen-bond acceptors (Lipinski definition) is 14. The third-order valence-electron chi connectivity index (χ3n) is 10.1. The van der Waals surface area contributed by atoms with Crippen LogP contribution in [0.4, 0.5) is 22.7 Å². The number of methoxy groups -OCH3 is 2. The van der Waals surface area contributed by atoms with Crippen LogP contribution < -0.4 is 19.9 Å². The number of carbonyl (C=O) groups excluding carboxylic acids is 2. The molecule has 0 aromatic heterocycles. The minimum Gasteiger partial charge on any atom is -0.478 e. The second kappa shape index (κ2) is 37.0. The van der Waals surface area contributed by atoms with E-state index in [2.05, 4.69) is 62.1 Å². The summed E-state index contributed by atoms with van der Waals surface area (Å²) >= 11 is 29.2. The van der Waals surface area contributed by atoms with Gasteiger partial charge in [-0.15, -0.1) is 0 Å². The monoisotopic (exact) mass is 1500 g/mol. The van der Waals surface area contributed by atoms with E-state index >= 15 is 0 Å². The number of carboxylic acid groups (broad SMARTS) is 1. The molecule has 8 rings (SSSR count). The maximum atomic E-state index is 12.4. The van der Waals surface area contributed by atoms with Crippen molar-refractivity contribution in [1.82, 2.24) is 0 Å². The van der Waals surface area contributed by atoms with Gasteiger partial charge in [-0.25, -0.2) is 48.1 Å². The molecule has 0 aliphatic carbocycles. The molecule has 0 spiro atoms. The molecule has 8 aromatic rings. The van der Waals surface area contributed by atoms with Gasteiger partial charge in [-0.3, -0.25) is 14.2 Å². The number of anilines is 4. The summed E-state index contributed by atoms with van der Waals surface area (Å²) in [5.74, 6) is -2.01. The van der Waals surface area contributed by atoms with Gasteiger partial charge in [0.05, 0.1) is 33.8 Å². The SMILES string of the molecule is C=CC(=O)OC.COC(=O)/C=C/c1cccc(S(=O)(=O)Nc2ccc(Cl)cc2)c1.Nc1ccc(Cl)cc1.O=C(O)/C=C/c1cccc(S(=O)(=O)Nc2ccc(Cl)cc2)c1.O=S(=O)(Cl)c1cccc(Br)c1.O=S(=O)(Nc1ccc(Cl)cc1)c1cccc(Br)c1. The molecular formula is C59H51Br2Cl5N4O14S4. The van der Waals surface area contributed by atoms with Crippen LogP contribution in [0.3, 0.4) is 0 Å². The first kappa shape index (κ1) is 75.1. The second-order valence-electron chi connectivity index (χ2n) is 16.6. The lowest BCUT2D eigenvalue weighted by Crippen LogP contribution is -2.12. The number of rotatable bonds is 15. The fraction of sp³-hybridized carbons (Fsp3) is 0.0339. The van der Waals surface area contributed by atoms with Crippen molar-refractivity contribution < 1.29 is 62.6 Å². The van der Waals surface area contributed by atoms with Crippen LogP contribution in [0.1, 0.15) is 11.1 Å². The predicted octanol–water partition coefficient (Wildman–Crippen LogP) is 15.1. The van der Waals surface area contributed by atoms with Gasteiger partial charge in [-0.1, -0.05) is 121 Å². The Balaban J connectivity index is 0.000000291. The molecule has 0 atom stereocenters. The van der Waals surface area contributed by atoms with Gasteiger partial charge in [0.1, 0.15) is 0 Å². The summed E-state index contributed by atoms with van der Waals surface area (Å²) in [6.07, 6.45) is 6.08. The van der Waals surface area contributed by atoms with Crippen molar-refractivity contribution in [1.29, 1.82) is 0 Å². The average Bonchev–Trinajstić information content (AvgIpc) is 3.70. The highest BCUT2D eigenvalue weighted by atomic mass is 79.9. The lowest BCUT2D eigenvalue weighted by Gasteiger charge is -2.08. The molecule has 88 heavy (non-hydrogen) atoms. The number of carbonyl (C=O) groups is 3. The Morgan fingerprint density at radius 3 is 1.06 bits per heavy atom. The van der Waals surface area contributed by atoms with Crippen molar-refractivity contribution in [3.8, 4) is 0 Å². The van der Waals surface area contributed by atoms with E-state index in [1.165, 1.54) is 87.0 Å². The van der Waals surface area contributed by atoms with Gasteiger partial charge in [-0.2, -0.15) is 0 Å². The van der Waals surface area contributed by atoms with E-state index in [-0.39, 0.29) is 19.6 Å². The highest BCUT2D eigenvalue weighted by Gasteiger charge is 2.17. The Morgan fingerprint density at radius 2 is 0.773 bits per heavy atom. The molecule has 0 saturated heterocycles. The maximum Gasteiger partial charge on any atom is 0.330 e. The van der Waals surface area contributed by atoms with Crippen molar-refractivity contribution in [2.75, 3.05) is 34.1 Å². The minimum atomic E-state index is -3.76. The van der Waals surface area contributed by atoms with E-state index in [0.717, 1.165) is 22.9 Å². The number of benzene rings is 8. The fourth-order valence-electron chi connectivity index (χ4n) is 5.97. The number of nitrogens with two attached hydrogens (primary N) is 1. The summed E-state index contributed by atoms with van der Waals surface area (Å²) < 4.78 is 112. The van der Waals surface area contributed by atoms with Crippen molar-refractivity contribution in [2.45, 2.75) is 19.6 Å². The first-order valence-electron chi connectivity index (χ1n) is 24.2. The molecule has 0 aliphatic heterocycles. The Morgan fingerprint density at radius 1 is 0.466 bits per heavy atom. The first-order valence-corrected chi connectivity index (χ1v) is 34.1. The second-order valence-corrected chi connectivity index (χ2v) is 27.8. The number of carboxylic acids is 1. The van der Waals surface area contributed by atoms with Crippen molar-refractivity contribution >= 4 is 181 Å². The topological polar surface area (TPSA) is 289 Å². The predicted molar refractivity (Wildman–Crippen MR) is 357 cm³/mol. The van der Waals surface area contributed by atoms with Gasteiger partial charge >= 0.3 is 17.9 Å². The number of halogens is 7. The summed E-state index contributed by atoms with van der Waals surface area (Å²) in [6.45, 7) is 3.16. The molecule has 18 nitrogen and oxygen atoms in total. The molecule has 0 aliphatic rings. The highest BCUT2D eigenvalue weighted by Crippen LogP contribution is 2.24. The van der Waals surface area contributed by atoms with Gasteiger partial charge in [0.2, 0.25) is 0 Å². The molecule has 0 bridgehead atoms. The molecular weight excluding hydrogens is 1450 g/mol. The first-order chi connectivity index (χ1) is 41.3. The van der Waals surface area contributed by atoms with E-state index < -0.39 is 57.0 Å². The zero-order chi connectivity index (χ0) is 65.7. The van der Waals surface area contributed by atoms with Crippen LogP contribution >= 0.6 is 88.9 Å². The van der Waals surface area contributed by atoms with Gasteiger partial charge < -0.3 is 20.3 Å². The lowest BCUT2D eigenvalue weighted by molar-refractivity contribution is -0.135. The largest absolute Gasteiger partial charge is 0.478 e. The quantitative estimate of drug-likeness (QED) is 0.0276. The van der Waals surface area contributed by atoms with E-state index in [1.807, 2.05) is 0 Å². The van der Waals surface area contributed by atoms with Crippen LogP contribution in [-0.4, -0.2) is 70.9 Å². The van der Waals surface area contributed by atoms with Crippen LogP contribution in [0.25, 0.3) is 12.2 Å². The molecule has 0 unspecified atom stereocenters. The molecule has 6 N–H and O–H groups in total. The molecule has 0 saturated carbocycles. The molecule has 0 heterocycles. The Bertz CT molecular complexity index is 4150. The van der Waals surface area contributed by atoms with Gasteiger partial charge in [0.25, 0.3) is 39.1 Å². The smallest absolute Gasteiger partial charge is 0.330 e. The fourth-order valence-corrected chi connectivity index (χ4v) is 11.7. The van der Waals surface area contributed by atoms with E-state index in [9.17, 15) is 48.1 Å². The molecule has 8 aromatic carbocycles. The van der Waals surface area contributed by atoms with Crippen LogP contribution in [0.5, 0.6) is 0 Å². The number of ether oxygens (including phenoxy) is 2. The summed E-state index contributed by atoms with van der Waals surface area (Å²) in [4.78, 5) is 31.8. The summed E-state index contributed by atoms with van der Waals surface area (Å²) in [5.41, 5.74) is 8.41. The van der Waals surface area contributed by atoms with E-state index in [0.29, 0.717) is 52.2 Å². The summed E-state index contributed by atoms with van der Waals surface area (Å²) in [7, 11) is -6.99. The van der Waals surface area contributed by atoms with Gasteiger partial charge in [0, 0.05) is 80.7 Å². The lowest BCUT2D eigenvalue weighted by atomic mass is 10.2. The van der Waals surface area contributed by atoms with E-state index in [4.69, 9.17) is 67.9 Å². The molecule has 0 amide bonds. The van der Waals surface area contributed by atoms with E-state index in [1.54, 1.807) is 140 Å². The van der Waals surface area contributed by atoms with Crippen LogP contribution in [0.2, 0.25) is 20.1 Å². The molecule has 464 valence electrons. The van der Waals surface area contributed by atoms with Crippen molar-refractivity contribution in [3.05, 3.63) is 259 Å². The normalized spacial score (nSPS) is 10.9. The Kier molecular flexibility index (Phi) is 31.5. The Hall–Kier alpha value is -7.20. The number of hydrogen-bond donors (Lipinski definition) is 5. The average molecular weight is 1510 g/mol. The summed E-state index contributed by atoms with van der Waals surface area (Å²) in [6, 6.07) is 51.0. The van der Waals surface area contributed by atoms with Crippen molar-refractivity contribution in [2.24, 2.45) is 0 Å². The number of nitrogen functional groups attached to an aromatic ring is 1. The molecule has 0 fully saturated rings. The number of esters is 2. The molecule has 29 heteroatoms. The highest BCUT2D eigenvalue weighted by molar-refractivity contribution is 9.10. The maximum absolute atomic E-state index is 12.4.